The second kappa shape index (κ2) is 9.62. The monoisotopic (exact) mass is 400 g/mol. The summed E-state index contributed by atoms with van der Waals surface area (Å²) in [6.45, 7) is 8.01. The molecule has 9 nitrogen and oxygen atoms in total. The summed E-state index contributed by atoms with van der Waals surface area (Å²) < 4.78 is 4.05. The minimum Gasteiger partial charge on any atom is -0.483 e. The molecule has 0 aliphatic carbocycles. The molecule has 3 aromatic rings. The van der Waals surface area contributed by atoms with Crippen LogP contribution in [0.5, 0.6) is 0 Å². The number of likely N-dealkylation sites (tertiary alicyclic amines) is 1. The highest BCUT2D eigenvalue weighted by Gasteiger charge is 2.20. The van der Waals surface area contributed by atoms with E-state index in [0.717, 1.165) is 61.0 Å². The number of fused-ring (bicyclic) bond motifs is 1. The third kappa shape index (κ3) is 4.80. The lowest BCUT2D eigenvalue weighted by Crippen LogP contribution is -2.38. The summed E-state index contributed by atoms with van der Waals surface area (Å²) in [7, 11) is 0. The third-order valence-electron chi connectivity index (χ3n) is 5.25. The number of nitrogens with zero attached hydrogens (tertiary/aromatic N) is 6. The molecule has 0 radical (unpaired) electrons. The van der Waals surface area contributed by atoms with Crippen LogP contribution in [0.3, 0.4) is 0 Å². The van der Waals surface area contributed by atoms with Crippen molar-refractivity contribution in [2.75, 3.05) is 26.2 Å². The van der Waals surface area contributed by atoms with Gasteiger partial charge in [0.25, 0.3) is 6.47 Å². The number of imidazole rings is 1. The number of hydrogen-bond donors (Lipinski definition) is 2. The zero-order valence-electron chi connectivity index (χ0n) is 16.9. The molecule has 2 N–H and O–H groups in total. The van der Waals surface area contributed by atoms with E-state index < -0.39 is 0 Å². The molecular formula is C20H28N6O3. The van der Waals surface area contributed by atoms with Crippen LogP contribution in [0.2, 0.25) is 0 Å². The fourth-order valence-corrected chi connectivity index (χ4v) is 3.91. The largest absolute Gasteiger partial charge is 0.483 e. The van der Waals surface area contributed by atoms with Crippen molar-refractivity contribution in [1.82, 2.24) is 29.0 Å². The molecule has 1 fully saturated rings. The Kier molecular flexibility index (Phi) is 6.95. The summed E-state index contributed by atoms with van der Waals surface area (Å²) in [5.41, 5.74) is 3.88. The Balaban J connectivity index is 0.000000755. The first-order valence-electron chi connectivity index (χ1n) is 9.82. The van der Waals surface area contributed by atoms with Crippen LogP contribution in [0.25, 0.3) is 17.0 Å². The first-order valence-corrected chi connectivity index (χ1v) is 9.82. The van der Waals surface area contributed by atoms with Gasteiger partial charge in [-0.05, 0) is 45.2 Å². The van der Waals surface area contributed by atoms with Gasteiger partial charge in [-0.2, -0.15) is 5.10 Å². The highest BCUT2D eigenvalue weighted by atomic mass is 16.3. The number of piperidine rings is 1. The maximum Gasteiger partial charge on any atom is 0.290 e. The molecule has 1 saturated heterocycles. The standard InChI is InChI=1S/C19H26N6O.CH2O2/c1-14-10-15(2)25-19(22-14)17(11-21-25)18-20-5-7-24(18)9-8-23-6-3-4-16(12-23)13-26;2-1-3/h5,7,10-11,16,26H,3-4,6,8-9,12-13H2,1-2H3;1H,(H,2,3). The number of rotatable bonds is 5. The zero-order chi connectivity index (χ0) is 20.8. The molecule has 4 rings (SSSR count). The van der Waals surface area contributed by atoms with Crippen molar-refractivity contribution >= 4 is 12.1 Å². The van der Waals surface area contributed by atoms with Crippen molar-refractivity contribution < 1.29 is 15.0 Å². The molecule has 1 unspecified atom stereocenters. The molecule has 0 bridgehead atoms. The number of aliphatic hydroxyl groups is 1. The Bertz CT molecular complexity index is 951. The van der Waals surface area contributed by atoms with Crippen molar-refractivity contribution in [2.45, 2.75) is 33.2 Å². The van der Waals surface area contributed by atoms with Crippen LogP contribution in [0.4, 0.5) is 0 Å². The summed E-state index contributed by atoms with van der Waals surface area (Å²) in [4.78, 5) is 20.0. The highest BCUT2D eigenvalue weighted by molar-refractivity contribution is 5.72. The van der Waals surface area contributed by atoms with E-state index in [1.165, 1.54) is 6.42 Å². The zero-order valence-corrected chi connectivity index (χ0v) is 16.9. The summed E-state index contributed by atoms with van der Waals surface area (Å²) in [6.07, 6.45) is 8.02. The smallest absolute Gasteiger partial charge is 0.290 e. The Morgan fingerprint density at radius 3 is 2.86 bits per heavy atom. The Hall–Kier alpha value is -2.78. The van der Waals surface area contributed by atoms with E-state index in [4.69, 9.17) is 9.90 Å². The van der Waals surface area contributed by atoms with Crippen LogP contribution >= 0.6 is 0 Å². The van der Waals surface area contributed by atoms with Gasteiger partial charge in [0.15, 0.2) is 5.65 Å². The second-order valence-corrected chi connectivity index (χ2v) is 7.37. The van der Waals surface area contributed by atoms with Gasteiger partial charge in [0.2, 0.25) is 0 Å². The van der Waals surface area contributed by atoms with E-state index in [-0.39, 0.29) is 6.47 Å². The van der Waals surface area contributed by atoms with Gasteiger partial charge in [0, 0.05) is 50.0 Å². The number of carboxylic acid groups (broad SMARTS) is 1. The molecule has 156 valence electrons. The molecule has 1 atom stereocenters. The highest BCUT2D eigenvalue weighted by Crippen LogP contribution is 2.23. The van der Waals surface area contributed by atoms with E-state index >= 15 is 0 Å². The molecule has 0 amide bonds. The summed E-state index contributed by atoms with van der Waals surface area (Å²) in [5, 5.41) is 20.8. The maximum atomic E-state index is 9.42. The van der Waals surface area contributed by atoms with Crippen LogP contribution in [0.1, 0.15) is 24.2 Å². The summed E-state index contributed by atoms with van der Waals surface area (Å²) in [6, 6.07) is 2.03. The van der Waals surface area contributed by atoms with Crippen molar-refractivity contribution in [3.05, 3.63) is 36.0 Å². The van der Waals surface area contributed by atoms with Crippen LogP contribution in [-0.2, 0) is 11.3 Å². The summed E-state index contributed by atoms with van der Waals surface area (Å²) >= 11 is 0. The fraction of sp³-hybridized carbons (Fsp3) is 0.500. The van der Waals surface area contributed by atoms with Crippen molar-refractivity contribution in [1.29, 1.82) is 0 Å². The lowest BCUT2D eigenvalue weighted by Gasteiger charge is -2.31. The molecule has 0 spiro atoms. The normalized spacial score (nSPS) is 17.1. The Morgan fingerprint density at radius 2 is 2.10 bits per heavy atom. The molecule has 4 heterocycles. The van der Waals surface area contributed by atoms with Crippen LogP contribution in [0, 0.1) is 19.8 Å². The van der Waals surface area contributed by atoms with Gasteiger partial charge in [0.1, 0.15) is 5.82 Å². The van der Waals surface area contributed by atoms with E-state index in [1.807, 2.05) is 43.0 Å². The number of carbonyl (C=O) groups is 1. The molecule has 3 aromatic heterocycles. The molecular weight excluding hydrogens is 372 g/mol. The minimum atomic E-state index is -0.250. The topological polar surface area (TPSA) is 109 Å². The second-order valence-electron chi connectivity index (χ2n) is 7.37. The lowest BCUT2D eigenvalue weighted by atomic mass is 9.99. The molecule has 29 heavy (non-hydrogen) atoms. The van der Waals surface area contributed by atoms with Gasteiger partial charge in [-0.3, -0.25) is 4.79 Å². The number of aromatic nitrogens is 5. The third-order valence-corrected chi connectivity index (χ3v) is 5.25. The van der Waals surface area contributed by atoms with E-state index in [1.54, 1.807) is 0 Å². The average molecular weight is 400 g/mol. The van der Waals surface area contributed by atoms with Crippen molar-refractivity contribution in [2.24, 2.45) is 5.92 Å². The van der Waals surface area contributed by atoms with Gasteiger partial charge >= 0.3 is 0 Å². The Labute approximate surface area is 169 Å². The lowest BCUT2D eigenvalue weighted by molar-refractivity contribution is -0.122. The SMILES string of the molecule is Cc1cc(C)n2ncc(-c3nccn3CCN3CCCC(CO)C3)c2n1.O=CO. The van der Waals surface area contributed by atoms with Crippen LogP contribution < -0.4 is 0 Å². The molecule has 1 aliphatic rings. The number of hydrogen-bond acceptors (Lipinski definition) is 6. The molecule has 1 aliphatic heterocycles. The maximum absolute atomic E-state index is 9.42. The van der Waals surface area contributed by atoms with Crippen LogP contribution in [-0.4, -0.2) is 72.0 Å². The predicted octanol–water partition coefficient (Wildman–Crippen LogP) is 1.61. The van der Waals surface area contributed by atoms with Gasteiger partial charge < -0.3 is 19.7 Å². The van der Waals surface area contributed by atoms with Crippen molar-refractivity contribution in [3.63, 3.8) is 0 Å². The Morgan fingerprint density at radius 1 is 1.31 bits per heavy atom. The molecule has 9 heteroatoms. The fourth-order valence-electron chi connectivity index (χ4n) is 3.91. The number of aliphatic hydroxyl groups excluding tert-OH is 1. The summed E-state index contributed by atoms with van der Waals surface area (Å²) in [5.74, 6) is 1.33. The quantitative estimate of drug-likeness (QED) is 0.626. The van der Waals surface area contributed by atoms with Crippen LogP contribution in [0.15, 0.2) is 24.7 Å². The number of aryl methyl sites for hydroxylation is 2. The first-order chi connectivity index (χ1) is 14.1. The van der Waals surface area contributed by atoms with Gasteiger partial charge in [-0.15, -0.1) is 0 Å². The van der Waals surface area contributed by atoms with Crippen molar-refractivity contribution in [3.8, 4) is 11.4 Å². The predicted molar refractivity (Wildman–Crippen MR) is 109 cm³/mol. The van der Waals surface area contributed by atoms with E-state index in [9.17, 15) is 5.11 Å². The molecule has 0 aromatic carbocycles. The molecule has 0 saturated carbocycles. The van der Waals surface area contributed by atoms with Gasteiger partial charge in [-0.25, -0.2) is 14.5 Å². The van der Waals surface area contributed by atoms with E-state index in [2.05, 4.69) is 24.5 Å². The first kappa shape index (κ1) is 20.9. The average Bonchev–Trinajstić information content (AvgIpc) is 3.33. The minimum absolute atomic E-state index is 0.250. The van der Waals surface area contributed by atoms with Gasteiger partial charge in [0.05, 0.1) is 11.8 Å². The van der Waals surface area contributed by atoms with Gasteiger partial charge in [-0.1, -0.05) is 0 Å². The van der Waals surface area contributed by atoms with E-state index in [0.29, 0.717) is 12.5 Å².